The minimum absolute atomic E-state index is 0.262. The zero-order valence-electron chi connectivity index (χ0n) is 15.6. The van der Waals surface area contributed by atoms with Crippen LogP contribution in [0.4, 0.5) is 0 Å². The zero-order chi connectivity index (χ0) is 17.5. The van der Waals surface area contributed by atoms with Gasteiger partial charge >= 0.3 is 0 Å². The van der Waals surface area contributed by atoms with E-state index in [1.807, 2.05) is 4.90 Å². The maximum Gasteiger partial charge on any atom is 0.244 e. The molecule has 0 bridgehead atoms. The molecule has 0 aromatic carbocycles. The monoisotopic (exact) mass is 358 g/mol. The van der Waals surface area contributed by atoms with Gasteiger partial charge < -0.3 is 9.42 Å². The molecule has 1 aromatic heterocycles. The highest BCUT2D eigenvalue weighted by Gasteiger charge is 2.38. The molecule has 2 aliphatic heterocycles. The van der Waals surface area contributed by atoms with Crippen LogP contribution < -0.4 is 0 Å². The molecule has 3 heterocycles. The number of nitrogens with zero attached hydrogens (tertiary/aromatic N) is 4. The number of amides is 1. The SMILES string of the molecule is O=C(CC1CCCC1)N1CC(c2noc(C3CCCN3CC3CC3)n2)C1. The molecule has 1 unspecified atom stereocenters. The van der Waals surface area contributed by atoms with Crippen LogP contribution in [0, 0.1) is 11.8 Å². The smallest absolute Gasteiger partial charge is 0.244 e. The summed E-state index contributed by atoms with van der Waals surface area (Å²) < 4.78 is 5.63. The lowest BCUT2D eigenvalue weighted by molar-refractivity contribution is -0.136. The Morgan fingerprint density at radius 1 is 1.04 bits per heavy atom. The van der Waals surface area contributed by atoms with E-state index in [2.05, 4.69) is 10.1 Å². The summed E-state index contributed by atoms with van der Waals surface area (Å²) in [5.41, 5.74) is 0. The second-order valence-corrected chi connectivity index (χ2v) is 8.94. The lowest BCUT2D eigenvalue weighted by atomic mass is 9.96. The number of carbonyl (C=O) groups is 1. The Labute approximate surface area is 155 Å². The first-order chi connectivity index (χ1) is 12.8. The molecule has 0 spiro atoms. The second kappa shape index (κ2) is 6.95. The van der Waals surface area contributed by atoms with Crippen LogP contribution in [0.15, 0.2) is 4.52 Å². The van der Waals surface area contributed by atoms with Gasteiger partial charge in [0.05, 0.1) is 12.0 Å². The predicted octanol–water partition coefficient (Wildman–Crippen LogP) is 3.12. The summed E-state index contributed by atoms with van der Waals surface area (Å²) in [5, 5.41) is 4.26. The van der Waals surface area contributed by atoms with Crippen molar-refractivity contribution in [2.75, 3.05) is 26.2 Å². The fourth-order valence-corrected chi connectivity index (χ4v) is 4.94. The number of hydrogen-bond donors (Lipinski definition) is 0. The van der Waals surface area contributed by atoms with E-state index in [9.17, 15) is 4.79 Å². The van der Waals surface area contributed by atoms with Crippen LogP contribution in [0.1, 0.15) is 81.5 Å². The molecule has 5 rings (SSSR count). The Morgan fingerprint density at radius 3 is 2.62 bits per heavy atom. The van der Waals surface area contributed by atoms with Crippen LogP contribution >= 0.6 is 0 Å². The standard InChI is InChI=1S/C20H30N4O2/c25-18(10-14-4-1-2-5-14)24-12-16(13-24)19-21-20(26-22-19)17-6-3-9-23(17)11-15-7-8-15/h14-17H,1-13H2. The number of hydrogen-bond acceptors (Lipinski definition) is 5. The van der Waals surface area contributed by atoms with Crippen molar-refractivity contribution >= 4 is 5.91 Å². The maximum atomic E-state index is 12.4. The third-order valence-corrected chi connectivity index (χ3v) is 6.83. The van der Waals surface area contributed by atoms with Gasteiger partial charge in [0.15, 0.2) is 5.82 Å². The average Bonchev–Trinajstić information content (AvgIpc) is 2.99. The highest BCUT2D eigenvalue weighted by atomic mass is 16.5. The molecule has 1 amide bonds. The molecule has 6 heteroatoms. The first kappa shape index (κ1) is 16.7. The van der Waals surface area contributed by atoms with Crippen molar-refractivity contribution in [3.8, 4) is 0 Å². The summed E-state index contributed by atoms with van der Waals surface area (Å²) in [4.78, 5) is 21.6. The van der Waals surface area contributed by atoms with Crippen molar-refractivity contribution in [3.63, 3.8) is 0 Å². The van der Waals surface area contributed by atoms with Crippen LogP contribution in [0.5, 0.6) is 0 Å². The summed E-state index contributed by atoms with van der Waals surface area (Å²) in [6.45, 7) is 3.88. The number of likely N-dealkylation sites (tertiary alicyclic amines) is 2. The second-order valence-electron chi connectivity index (χ2n) is 8.94. The normalized spacial score (nSPS) is 28.0. The summed E-state index contributed by atoms with van der Waals surface area (Å²) in [6.07, 6.45) is 10.9. The lowest BCUT2D eigenvalue weighted by Gasteiger charge is -2.38. The lowest BCUT2D eigenvalue weighted by Crippen LogP contribution is -2.49. The van der Waals surface area contributed by atoms with Gasteiger partial charge in [0.1, 0.15) is 0 Å². The average molecular weight is 358 g/mol. The highest BCUT2D eigenvalue weighted by Crippen LogP contribution is 2.38. The summed E-state index contributed by atoms with van der Waals surface area (Å²) in [5.74, 6) is 3.71. The van der Waals surface area contributed by atoms with Gasteiger partial charge in [-0.1, -0.05) is 18.0 Å². The Morgan fingerprint density at radius 2 is 1.85 bits per heavy atom. The van der Waals surface area contributed by atoms with E-state index in [-0.39, 0.29) is 5.92 Å². The summed E-state index contributed by atoms with van der Waals surface area (Å²) in [7, 11) is 0. The predicted molar refractivity (Wildman–Crippen MR) is 96.5 cm³/mol. The van der Waals surface area contributed by atoms with Gasteiger partial charge in [0.2, 0.25) is 11.8 Å². The Bertz CT molecular complexity index is 644. The summed E-state index contributed by atoms with van der Waals surface area (Å²) >= 11 is 0. The largest absolute Gasteiger partial charge is 0.341 e. The van der Waals surface area contributed by atoms with E-state index in [4.69, 9.17) is 9.51 Å². The Balaban J connectivity index is 1.14. The van der Waals surface area contributed by atoms with Crippen LogP contribution in [0.2, 0.25) is 0 Å². The van der Waals surface area contributed by atoms with Gasteiger partial charge in [-0.2, -0.15) is 4.98 Å². The van der Waals surface area contributed by atoms with Gasteiger partial charge in [-0.25, -0.2) is 0 Å². The van der Waals surface area contributed by atoms with E-state index in [0.29, 0.717) is 17.9 Å². The maximum absolute atomic E-state index is 12.4. The molecule has 4 fully saturated rings. The molecule has 2 saturated carbocycles. The first-order valence-electron chi connectivity index (χ1n) is 10.6. The van der Waals surface area contributed by atoms with Crippen molar-refractivity contribution in [2.45, 2.75) is 69.7 Å². The Kier molecular flexibility index (Phi) is 4.47. The van der Waals surface area contributed by atoms with Crippen LogP contribution in [-0.2, 0) is 4.79 Å². The zero-order valence-corrected chi connectivity index (χ0v) is 15.6. The van der Waals surface area contributed by atoms with Gasteiger partial charge in [-0.3, -0.25) is 9.69 Å². The van der Waals surface area contributed by atoms with Gasteiger partial charge in [-0.15, -0.1) is 0 Å². The molecule has 4 aliphatic rings. The molecule has 2 saturated heterocycles. The van der Waals surface area contributed by atoms with E-state index in [1.54, 1.807) is 0 Å². The van der Waals surface area contributed by atoms with Crippen molar-refractivity contribution in [3.05, 3.63) is 11.7 Å². The molecule has 142 valence electrons. The van der Waals surface area contributed by atoms with Gasteiger partial charge in [-0.05, 0) is 56.9 Å². The quantitative estimate of drug-likeness (QED) is 0.782. The van der Waals surface area contributed by atoms with Crippen LogP contribution in [0.3, 0.4) is 0 Å². The van der Waals surface area contributed by atoms with Crippen molar-refractivity contribution < 1.29 is 9.32 Å². The third-order valence-electron chi connectivity index (χ3n) is 6.83. The molecule has 6 nitrogen and oxygen atoms in total. The Hall–Kier alpha value is -1.43. The fourth-order valence-electron chi connectivity index (χ4n) is 4.94. The number of carbonyl (C=O) groups excluding carboxylic acids is 1. The molecule has 0 N–H and O–H groups in total. The number of aromatic nitrogens is 2. The topological polar surface area (TPSA) is 62.5 Å². The van der Waals surface area contributed by atoms with Crippen molar-refractivity contribution in [1.29, 1.82) is 0 Å². The molecule has 2 aliphatic carbocycles. The molecular formula is C20H30N4O2. The molecule has 1 atom stereocenters. The molecule has 0 radical (unpaired) electrons. The number of rotatable bonds is 6. The molecule has 1 aromatic rings. The molecule has 26 heavy (non-hydrogen) atoms. The van der Waals surface area contributed by atoms with Crippen LogP contribution in [0.25, 0.3) is 0 Å². The molecular weight excluding hydrogens is 328 g/mol. The highest BCUT2D eigenvalue weighted by molar-refractivity contribution is 5.77. The summed E-state index contributed by atoms with van der Waals surface area (Å²) in [6, 6.07) is 0.317. The van der Waals surface area contributed by atoms with Crippen molar-refractivity contribution in [2.24, 2.45) is 11.8 Å². The van der Waals surface area contributed by atoms with E-state index < -0.39 is 0 Å². The first-order valence-corrected chi connectivity index (χ1v) is 10.6. The van der Waals surface area contributed by atoms with Gasteiger partial charge in [0, 0.05) is 26.1 Å². The third kappa shape index (κ3) is 3.40. The van der Waals surface area contributed by atoms with E-state index >= 15 is 0 Å². The fraction of sp³-hybridized carbons (Fsp3) is 0.850. The van der Waals surface area contributed by atoms with Gasteiger partial charge in [0.25, 0.3) is 0 Å². The van der Waals surface area contributed by atoms with E-state index in [0.717, 1.165) is 50.1 Å². The van der Waals surface area contributed by atoms with Crippen LogP contribution in [-0.4, -0.2) is 52.0 Å². The minimum atomic E-state index is 0.262. The van der Waals surface area contributed by atoms with Crippen molar-refractivity contribution in [1.82, 2.24) is 19.9 Å². The van der Waals surface area contributed by atoms with E-state index in [1.165, 1.54) is 51.5 Å². The minimum Gasteiger partial charge on any atom is -0.341 e.